The predicted octanol–water partition coefficient (Wildman–Crippen LogP) is 2.89. The zero-order valence-electron chi connectivity index (χ0n) is 14.4. The minimum Gasteiger partial charge on any atom is -0.365 e. The Morgan fingerprint density at radius 3 is 2.96 bits per heavy atom. The van der Waals surface area contributed by atoms with E-state index in [-0.39, 0.29) is 11.9 Å². The van der Waals surface area contributed by atoms with E-state index in [0.29, 0.717) is 16.7 Å². The second-order valence-electron chi connectivity index (χ2n) is 6.55. The Bertz CT molecular complexity index is 900. The standard InChI is InChI=1S/C18H21FN6/c1-12-9-16(24(2)23-12)25-8-4-5-13(10-25)22-18-17-14(19)6-3-7-15(17)20-11-21-18/h3,6-7,9,11,13H,4-5,8,10H2,1-2H3,(H,20,21,22). The number of rotatable bonds is 3. The van der Waals surface area contributed by atoms with Gasteiger partial charge in [-0.15, -0.1) is 0 Å². The Balaban J connectivity index is 1.58. The lowest BCUT2D eigenvalue weighted by Gasteiger charge is -2.34. The predicted molar refractivity (Wildman–Crippen MR) is 96.3 cm³/mol. The quantitative estimate of drug-likeness (QED) is 0.794. The summed E-state index contributed by atoms with van der Waals surface area (Å²) in [6.07, 6.45) is 3.57. The molecule has 0 saturated carbocycles. The van der Waals surface area contributed by atoms with E-state index in [1.807, 2.05) is 18.7 Å². The van der Waals surface area contributed by atoms with Crippen LogP contribution in [-0.2, 0) is 7.05 Å². The summed E-state index contributed by atoms with van der Waals surface area (Å²) in [4.78, 5) is 10.8. The van der Waals surface area contributed by atoms with Gasteiger partial charge in [-0.2, -0.15) is 5.10 Å². The number of anilines is 2. The lowest BCUT2D eigenvalue weighted by molar-refractivity contribution is 0.518. The largest absolute Gasteiger partial charge is 0.365 e. The molecule has 1 aliphatic rings. The van der Waals surface area contributed by atoms with Gasteiger partial charge < -0.3 is 10.2 Å². The number of nitrogens with zero attached hydrogens (tertiary/aromatic N) is 5. The van der Waals surface area contributed by atoms with Gasteiger partial charge in [-0.25, -0.2) is 14.4 Å². The van der Waals surface area contributed by atoms with Crippen molar-refractivity contribution in [3.63, 3.8) is 0 Å². The number of hydrogen-bond donors (Lipinski definition) is 1. The molecule has 1 saturated heterocycles. The molecule has 1 fully saturated rings. The van der Waals surface area contributed by atoms with Crippen LogP contribution in [-0.4, -0.2) is 38.9 Å². The number of benzene rings is 1. The summed E-state index contributed by atoms with van der Waals surface area (Å²) in [5.41, 5.74) is 1.63. The van der Waals surface area contributed by atoms with Gasteiger partial charge in [0.2, 0.25) is 0 Å². The average Bonchev–Trinajstić information content (AvgIpc) is 2.94. The van der Waals surface area contributed by atoms with Crippen LogP contribution in [0.3, 0.4) is 0 Å². The highest BCUT2D eigenvalue weighted by Gasteiger charge is 2.23. The van der Waals surface area contributed by atoms with Gasteiger partial charge in [0.15, 0.2) is 0 Å². The van der Waals surface area contributed by atoms with Gasteiger partial charge in [0, 0.05) is 32.2 Å². The lowest BCUT2D eigenvalue weighted by atomic mass is 10.1. The van der Waals surface area contributed by atoms with Crippen molar-refractivity contribution in [1.29, 1.82) is 0 Å². The van der Waals surface area contributed by atoms with Crippen molar-refractivity contribution in [2.75, 3.05) is 23.3 Å². The second-order valence-corrected chi connectivity index (χ2v) is 6.55. The number of aromatic nitrogens is 4. The van der Waals surface area contributed by atoms with Crippen molar-refractivity contribution in [2.24, 2.45) is 7.05 Å². The van der Waals surface area contributed by atoms with Gasteiger partial charge in [0.25, 0.3) is 0 Å². The Morgan fingerprint density at radius 1 is 1.28 bits per heavy atom. The van der Waals surface area contributed by atoms with Crippen molar-refractivity contribution in [3.05, 3.63) is 42.1 Å². The molecule has 0 bridgehead atoms. The van der Waals surface area contributed by atoms with Crippen LogP contribution in [0.4, 0.5) is 16.0 Å². The van der Waals surface area contributed by atoms with E-state index in [0.717, 1.165) is 37.4 Å². The molecular formula is C18H21FN6. The van der Waals surface area contributed by atoms with Crippen molar-refractivity contribution in [1.82, 2.24) is 19.7 Å². The molecule has 1 unspecified atom stereocenters. The summed E-state index contributed by atoms with van der Waals surface area (Å²) >= 11 is 0. The monoisotopic (exact) mass is 340 g/mol. The van der Waals surface area contributed by atoms with Gasteiger partial charge >= 0.3 is 0 Å². The van der Waals surface area contributed by atoms with Crippen molar-refractivity contribution in [3.8, 4) is 0 Å². The molecule has 0 aliphatic carbocycles. The van der Waals surface area contributed by atoms with E-state index in [2.05, 4.69) is 31.3 Å². The molecule has 7 heteroatoms. The zero-order valence-corrected chi connectivity index (χ0v) is 14.4. The summed E-state index contributed by atoms with van der Waals surface area (Å²) < 4.78 is 16.2. The SMILES string of the molecule is Cc1cc(N2CCCC(Nc3ncnc4cccc(F)c34)C2)n(C)n1. The summed E-state index contributed by atoms with van der Waals surface area (Å²) in [5, 5.41) is 8.32. The number of nitrogens with one attached hydrogen (secondary N) is 1. The van der Waals surface area contributed by atoms with Gasteiger partial charge in [-0.3, -0.25) is 4.68 Å². The van der Waals surface area contributed by atoms with Crippen molar-refractivity contribution >= 4 is 22.5 Å². The topological polar surface area (TPSA) is 58.9 Å². The third kappa shape index (κ3) is 3.01. The Labute approximate surface area is 145 Å². The van der Waals surface area contributed by atoms with Gasteiger partial charge in [-0.1, -0.05) is 6.07 Å². The molecule has 130 valence electrons. The average molecular weight is 340 g/mol. The Hall–Kier alpha value is -2.70. The fourth-order valence-electron chi connectivity index (χ4n) is 3.57. The molecule has 0 amide bonds. The smallest absolute Gasteiger partial charge is 0.140 e. The maximum atomic E-state index is 14.3. The number of hydrogen-bond acceptors (Lipinski definition) is 5. The van der Waals surface area contributed by atoms with Crippen LogP contribution in [0.5, 0.6) is 0 Å². The second kappa shape index (κ2) is 6.31. The van der Waals surface area contributed by atoms with E-state index in [9.17, 15) is 4.39 Å². The summed E-state index contributed by atoms with van der Waals surface area (Å²) in [6.45, 7) is 3.83. The first-order valence-corrected chi connectivity index (χ1v) is 8.53. The molecule has 6 nitrogen and oxygen atoms in total. The van der Waals surface area contributed by atoms with Gasteiger partial charge in [-0.05, 0) is 31.9 Å². The lowest BCUT2D eigenvalue weighted by Crippen LogP contribution is -2.43. The van der Waals surface area contributed by atoms with E-state index in [1.54, 1.807) is 12.1 Å². The van der Waals surface area contributed by atoms with Crippen LogP contribution in [0.25, 0.3) is 10.9 Å². The number of aryl methyl sites for hydroxylation is 2. The maximum absolute atomic E-state index is 14.3. The minimum absolute atomic E-state index is 0.196. The fraction of sp³-hybridized carbons (Fsp3) is 0.389. The Kier molecular flexibility index (Phi) is 3.99. The van der Waals surface area contributed by atoms with E-state index in [4.69, 9.17) is 0 Å². The number of piperidine rings is 1. The molecule has 25 heavy (non-hydrogen) atoms. The first-order valence-electron chi connectivity index (χ1n) is 8.53. The third-order valence-electron chi connectivity index (χ3n) is 4.68. The maximum Gasteiger partial charge on any atom is 0.140 e. The molecule has 2 aromatic heterocycles. The number of halogens is 1. The molecule has 3 heterocycles. The molecule has 4 rings (SSSR count). The highest BCUT2D eigenvalue weighted by molar-refractivity contribution is 5.89. The third-order valence-corrected chi connectivity index (χ3v) is 4.68. The van der Waals surface area contributed by atoms with Crippen molar-refractivity contribution < 1.29 is 4.39 Å². The van der Waals surface area contributed by atoms with Crippen LogP contribution < -0.4 is 10.2 Å². The minimum atomic E-state index is -0.296. The van der Waals surface area contributed by atoms with E-state index in [1.165, 1.54) is 12.4 Å². The molecule has 0 radical (unpaired) electrons. The van der Waals surface area contributed by atoms with Crippen molar-refractivity contribution in [2.45, 2.75) is 25.8 Å². The molecule has 1 aromatic carbocycles. The highest BCUT2D eigenvalue weighted by atomic mass is 19.1. The molecule has 1 N–H and O–H groups in total. The van der Waals surface area contributed by atoms with Gasteiger partial charge in [0.1, 0.15) is 23.8 Å². The molecule has 3 aromatic rings. The van der Waals surface area contributed by atoms with Crippen LogP contribution in [0, 0.1) is 12.7 Å². The summed E-state index contributed by atoms with van der Waals surface area (Å²) in [5.74, 6) is 1.38. The molecular weight excluding hydrogens is 319 g/mol. The van der Waals surface area contributed by atoms with Crippen LogP contribution in [0.2, 0.25) is 0 Å². The normalized spacial score (nSPS) is 17.9. The summed E-state index contributed by atoms with van der Waals surface area (Å²) in [6, 6.07) is 7.21. The first kappa shape index (κ1) is 15.8. The van der Waals surface area contributed by atoms with Crippen LogP contribution in [0.1, 0.15) is 18.5 Å². The zero-order chi connectivity index (χ0) is 17.4. The fourth-order valence-corrected chi connectivity index (χ4v) is 3.57. The first-order chi connectivity index (χ1) is 12.1. The highest BCUT2D eigenvalue weighted by Crippen LogP contribution is 2.26. The van der Waals surface area contributed by atoms with E-state index < -0.39 is 0 Å². The van der Waals surface area contributed by atoms with Crippen LogP contribution >= 0.6 is 0 Å². The Morgan fingerprint density at radius 2 is 2.16 bits per heavy atom. The van der Waals surface area contributed by atoms with E-state index >= 15 is 0 Å². The molecule has 0 spiro atoms. The van der Waals surface area contributed by atoms with Crippen LogP contribution in [0.15, 0.2) is 30.6 Å². The molecule has 1 aliphatic heterocycles. The summed E-state index contributed by atoms with van der Waals surface area (Å²) in [7, 11) is 1.96. The molecule has 1 atom stereocenters. The van der Waals surface area contributed by atoms with Gasteiger partial charge in [0.05, 0.1) is 16.6 Å². The number of fused-ring (bicyclic) bond motifs is 1.